The van der Waals surface area contributed by atoms with Gasteiger partial charge in [-0.2, -0.15) is 0 Å². The van der Waals surface area contributed by atoms with Crippen molar-refractivity contribution in [3.63, 3.8) is 0 Å². The molecule has 0 radical (unpaired) electrons. The molecule has 1 fully saturated rings. The summed E-state index contributed by atoms with van der Waals surface area (Å²) in [5, 5.41) is 9.34. The summed E-state index contributed by atoms with van der Waals surface area (Å²) in [5.74, 6) is 1.03. The second-order valence-corrected chi connectivity index (χ2v) is 11.4. The number of rotatable bonds is 6. The second-order valence-electron chi connectivity index (χ2n) is 11.4. The van der Waals surface area contributed by atoms with Crippen LogP contribution in [0.15, 0.2) is 43.0 Å². The molecule has 1 heterocycles. The number of carboxylic acids is 1. The molecule has 1 saturated carbocycles. The molecule has 0 spiro atoms. The number of hydrogen-bond acceptors (Lipinski definition) is 4. The molecule has 4 atom stereocenters. The summed E-state index contributed by atoms with van der Waals surface area (Å²) < 4.78 is 0. The highest BCUT2D eigenvalue weighted by atomic mass is 16.4. The fraction of sp³-hybridized carbons (Fsp3) is 0.517. The lowest BCUT2D eigenvalue weighted by Crippen LogP contribution is -2.41. The van der Waals surface area contributed by atoms with Crippen LogP contribution in [0.4, 0.5) is 0 Å². The summed E-state index contributed by atoms with van der Waals surface area (Å²) in [4.78, 5) is 32.7. The molecule has 5 heteroatoms. The topological polar surface area (TPSA) is 80.2 Å². The number of aryl methyl sites for hydroxylation is 1. The van der Waals surface area contributed by atoms with E-state index in [4.69, 9.17) is 0 Å². The smallest absolute Gasteiger partial charge is 0.309 e. The number of aliphatic carboxylic acids is 1. The van der Waals surface area contributed by atoms with Crippen LogP contribution in [0, 0.1) is 22.7 Å². The van der Waals surface area contributed by atoms with Crippen LogP contribution in [0.5, 0.6) is 0 Å². The largest absolute Gasteiger partial charge is 0.481 e. The minimum absolute atomic E-state index is 0.0465. The van der Waals surface area contributed by atoms with Crippen molar-refractivity contribution in [2.24, 2.45) is 22.7 Å². The summed E-state index contributed by atoms with van der Waals surface area (Å²) >= 11 is 0. The van der Waals surface area contributed by atoms with E-state index in [1.807, 2.05) is 18.5 Å². The monoisotopic (exact) mass is 458 g/mol. The molecule has 5 rings (SSSR count). The molecule has 2 aromatic rings. The molecule has 0 aliphatic heterocycles. The molecule has 0 amide bonds. The van der Waals surface area contributed by atoms with Gasteiger partial charge < -0.3 is 5.11 Å². The van der Waals surface area contributed by atoms with Crippen molar-refractivity contribution < 1.29 is 14.7 Å². The Labute approximate surface area is 201 Å². The number of benzene rings is 1. The Balaban J connectivity index is 1.33. The Kier molecular flexibility index (Phi) is 5.70. The number of fused-ring (bicyclic) bond motifs is 5. The van der Waals surface area contributed by atoms with Gasteiger partial charge in [0.15, 0.2) is 5.78 Å². The Bertz CT molecular complexity index is 1150. The molecule has 0 unspecified atom stereocenters. The number of ketones is 1. The van der Waals surface area contributed by atoms with Crippen LogP contribution in [-0.4, -0.2) is 26.8 Å². The maximum absolute atomic E-state index is 12.8. The number of carbonyl (C=O) groups is 2. The Morgan fingerprint density at radius 1 is 1.18 bits per heavy atom. The summed E-state index contributed by atoms with van der Waals surface area (Å²) in [6.07, 6.45) is 14.2. The first-order valence-corrected chi connectivity index (χ1v) is 12.6. The lowest BCUT2D eigenvalue weighted by atomic mass is 9.54. The zero-order valence-electron chi connectivity index (χ0n) is 20.4. The summed E-state index contributed by atoms with van der Waals surface area (Å²) in [6.45, 7) is 5.80. The Morgan fingerprint density at radius 2 is 1.94 bits per heavy atom. The minimum atomic E-state index is -0.883. The standard InChI is InChI=1S/C29H34N2O3/c1-28(2,27(33)34)12-11-26(32)19-5-6-21-18(14-19)4-7-23-22(21)10-13-29(3)24(8-9-25(23)29)20-15-30-17-31-16-20/h5-6,8,14-17,22-23,25H,4,7,9-13H2,1-3H3,(H,33,34)/t22-,23-,25+,29-/m1/s1. The number of aromatic nitrogens is 2. The van der Waals surface area contributed by atoms with Gasteiger partial charge in [0.25, 0.3) is 0 Å². The summed E-state index contributed by atoms with van der Waals surface area (Å²) in [5.41, 5.74) is 5.35. The van der Waals surface area contributed by atoms with Gasteiger partial charge in [-0.05, 0) is 98.3 Å². The summed E-state index contributed by atoms with van der Waals surface area (Å²) in [7, 11) is 0. The van der Waals surface area contributed by atoms with Crippen LogP contribution >= 0.6 is 0 Å². The minimum Gasteiger partial charge on any atom is -0.481 e. The first-order valence-electron chi connectivity index (χ1n) is 12.6. The van der Waals surface area contributed by atoms with E-state index in [1.54, 1.807) is 20.2 Å². The molecule has 34 heavy (non-hydrogen) atoms. The first kappa shape index (κ1) is 22.9. The first-order chi connectivity index (χ1) is 16.2. The van der Waals surface area contributed by atoms with E-state index < -0.39 is 11.4 Å². The predicted octanol–water partition coefficient (Wildman–Crippen LogP) is 6.10. The Hall–Kier alpha value is -2.82. The second kappa shape index (κ2) is 8.44. The van der Waals surface area contributed by atoms with Gasteiger partial charge in [0.05, 0.1) is 5.41 Å². The van der Waals surface area contributed by atoms with Crippen molar-refractivity contribution in [3.05, 3.63) is 65.2 Å². The Morgan fingerprint density at radius 3 is 2.68 bits per heavy atom. The van der Waals surface area contributed by atoms with Crippen LogP contribution in [0.3, 0.4) is 0 Å². The molecular weight excluding hydrogens is 424 g/mol. The maximum atomic E-state index is 12.8. The van der Waals surface area contributed by atoms with E-state index in [2.05, 4.69) is 35.1 Å². The van der Waals surface area contributed by atoms with Crippen molar-refractivity contribution >= 4 is 17.3 Å². The fourth-order valence-corrected chi connectivity index (χ4v) is 6.89. The van der Waals surface area contributed by atoms with Crippen molar-refractivity contribution in [3.8, 4) is 0 Å². The third-order valence-electron chi connectivity index (χ3n) is 9.06. The quantitative estimate of drug-likeness (QED) is 0.529. The summed E-state index contributed by atoms with van der Waals surface area (Å²) in [6, 6.07) is 6.26. The van der Waals surface area contributed by atoms with Crippen LogP contribution in [-0.2, 0) is 11.2 Å². The average Bonchev–Trinajstić information content (AvgIpc) is 3.19. The van der Waals surface area contributed by atoms with Gasteiger partial charge in [0.2, 0.25) is 0 Å². The zero-order chi connectivity index (χ0) is 24.1. The van der Waals surface area contributed by atoms with E-state index in [-0.39, 0.29) is 17.6 Å². The lowest BCUT2D eigenvalue weighted by Gasteiger charge is -2.50. The number of carbonyl (C=O) groups excluding carboxylic acids is 1. The highest BCUT2D eigenvalue weighted by Crippen LogP contribution is 2.63. The van der Waals surface area contributed by atoms with E-state index in [0.29, 0.717) is 24.2 Å². The van der Waals surface area contributed by atoms with Gasteiger partial charge in [-0.15, -0.1) is 0 Å². The van der Waals surface area contributed by atoms with Gasteiger partial charge in [0, 0.05) is 29.9 Å². The molecule has 1 N–H and O–H groups in total. The van der Waals surface area contributed by atoms with Crippen molar-refractivity contribution in [2.75, 3.05) is 0 Å². The maximum Gasteiger partial charge on any atom is 0.309 e. The van der Waals surface area contributed by atoms with Crippen LogP contribution in [0.2, 0.25) is 0 Å². The molecule has 0 bridgehead atoms. The van der Waals surface area contributed by atoms with Crippen molar-refractivity contribution in [2.45, 2.75) is 71.6 Å². The van der Waals surface area contributed by atoms with Gasteiger partial charge in [-0.1, -0.05) is 25.1 Å². The molecule has 0 saturated heterocycles. The highest BCUT2D eigenvalue weighted by Gasteiger charge is 2.52. The van der Waals surface area contributed by atoms with E-state index in [1.165, 1.54) is 16.7 Å². The third-order valence-corrected chi connectivity index (χ3v) is 9.06. The third kappa shape index (κ3) is 3.79. The molecule has 1 aromatic carbocycles. The molecular formula is C29H34N2O3. The van der Waals surface area contributed by atoms with Gasteiger partial charge >= 0.3 is 5.97 Å². The molecule has 1 aromatic heterocycles. The van der Waals surface area contributed by atoms with E-state index in [0.717, 1.165) is 43.2 Å². The van der Waals surface area contributed by atoms with Gasteiger partial charge in [-0.25, -0.2) is 9.97 Å². The van der Waals surface area contributed by atoms with E-state index >= 15 is 0 Å². The molecule has 178 valence electrons. The molecule has 3 aliphatic rings. The number of hydrogen-bond donors (Lipinski definition) is 1. The van der Waals surface area contributed by atoms with Crippen molar-refractivity contribution in [1.29, 1.82) is 0 Å². The number of carboxylic acid groups (broad SMARTS) is 1. The fourth-order valence-electron chi connectivity index (χ4n) is 6.89. The number of Topliss-reactive ketones (excluding diaryl/α,β-unsaturated/α-hetero) is 1. The van der Waals surface area contributed by atoms with Crippen molar-refractivity contribution in [1.82, 2.24) is 9.97 Å². The highest BCUT2D eigenvalue weighted by molar-refractivity contribution is 5.96. The normalized spacial score (nSPS) is 27.9. The van der Waals surface area contributed by atoms with Gasteiger partial charge in [0.1, 0.15) is 6.33 Å². The average molecular weight is 459 g/mol. The molecule has 3 aliphatic carbocycles. The van der Waals surface area contributed by atoms with Crippen LogP contribution in [0.25, 0.3) is 5.57 Å². The predicted molar refractivity (Wildman–Crippen MR) is 131 cm³/mol. The number of allylic oxidation sites excluding steroid dienone is 2. The van der Waals surface area contributed by atoms with E-state index in [9.17, 15) is 14.7 Å². The SMILES string of the molecule is CC(C)(CCC(=O)c1ccc2c(c1)CC[C@@H]1[C@@H]2CC[C@]2(C)C(c3cncnc3)=CC[C@@H]12)C(=O)O. The van der Waals surface area contributed by atoms with Crippen LogP contribution in [0.1, 0.15) is 92.3 Å². The zero-order valence-corrected chi connectivity index (χ0v) is 20.4. The molecule has 5 nitrogen and oxygen atoms in total. The van der Waals surface area contributed by atoms with Gasteiger partial charge in [-0.3, -0.25) is 9.59 Å². The van der Waals surface area contributed by atoms with Crippen LogP contribution < -0.4 is 0 Å². The lowest BCUT2D eigenvalue weighted by molar-refractivity contribution is -0.147. The number of nitrogens with zero attached hydrogens (tertiary/aromatic N) is 2.